The molecule has 34 heavy (non-hydrogen) atoms. The number of benzene rings is 1. The van der Waals surface area contributed by atoms with Crippen molar-refractivity contribution in [1.82, 2.24) is 19.6 Å². The van der Waals surface area contributed by atoms with Crippen molar-refractivity contribution in [2.24, 2.45) is 11.8 Å². The van der Waals surface area contributed by atoms with Crippen LogP contribution >= 0.6 is 0 Å². The highest BCUT2D eigenvalue weighted by atomic mass is 19.4. The second kappa shape index (κ2) is 8.61. The Balaban J connectivity index is 1.24. The molecule has 182 valence electrons. The molecule has 0 bridgehead atoms. The predicted molar refractivity (Wildman–Crippen MR) is 117 cm³/mol. The highest BCUT2D eigenvalue weighted by Gasteiger charge is 2.43. The number of fused-ring (bicyclic) bond motifs is 1. The van der Waals surface area contributed by atoms with Gasteiger partial charge in [0.15, 0.2) is 0 Å². The summed E-state index contributed by atoms with van der Waals surface area (Å²) in [5.41, 5.74) is 0.278. The van der Waals surface area contributed by atoms with E-state index in [1.165, 1.54) is 12.3 Å². The molecule has 8 nitrogen and oxygen atoms in total. The number of aromatic nitrogens is 2. The number of halogens is 3. The minimum Gasteiger partial charge on any atom is -0.478 e. The smallest absolute Gasteiger partial charge is 0.416 e. The molecule has 2 atom stereocenters. The van der Waals surface area contributed by atoms with Crippen LogP contribution in [0.4, 0.5) is 23.7 Å². The molecule has 2 unspecified atom stereocenters. The van der Waals surface area contributed by atoms with E-state index in [9.17, 15) is 22.8 Å². The number of hydrogen-bond acceptors (Lipinski definition) is 5. The number of carbonyl (C=O) groups excluding carboxylic acids is 1. The van der Waals surface area contributed by atoms with Gasteiger partial charge in [-0.1, -0.05) is 6.07 Å². The number of likely N-dealkylation sites (tertiary alicyclic amines) is 2. The fraction of sp³-hybridized carbons (Fsp3) is 0.522. The highest BCUT2D eigenvalue weighted by molar-refractivity contribution is 5.88. The number of alkyl halides is 3. The molecule has 3 aliphatic rings. The van der Waals surface area contributed by atoms with Gasteiger partial charge in [-0.15, -0.1) is 0 Å². The van der Waals surface area contributed by atoms with Crippen LogP contribution in [0.25, 0.3) is 0 Å². The Bertz CT molecular complexity index is 1080. The molecule has 1 N–H and O–H groups in total. The summed E-state index contributed by atoms with van der Waals surface area (Å²) >= 11 is 0. The zero-order valence-corrected chi connectivity index (χ0v) is 18.5. The van der Waals surface area contributed by atoms with E-state index in [1.807, 2.05) is 9.80 Å². The van der Waals surface area contributed by atoms with E-state index < -0.39 is 17.7 Å². The van der Waals surface area contributed by atoms with Crippen molar-refractivity contribution in [3.8, 4) is 0 Å². The average Bonchev–Trinajstić information content (AvgIpc) is 3.56. The molecule has 1 amide bonds. The first-order chi connectivity index (χ1) is 16.2. The molecule has 0 spiro atoms. The second-order valence-electron chi connectivity index (χ2n) is 9.41. The summed E-state index contributed by atoms with van der Waals surface area (Å²) in [4.78, 5) is 29.4. The summed E-state index contributed by atoms with van der Waals surface area (Å²) in [5, 5.41) is 12.8. The third-order valence-electron chi connectivity index (χ3n) is 7.12. The van der Waals surface area contributed by atoms with Crippen LogP contribution in [-0.2, 0) is 12.7 Å². The first-order valence-corrected chi connectivity index (χ1v) is 11.4. The van der Waals surface area contributed by atoms with E-state index in [-0.39, 0.29) is 35.5 Å². The fourth-order valence-corrected chi connectivity index (χ4v) is 5.44. The molecule has 2 aromatic rings. The van der Waals surface area contributed by atoms with Crippen molar-refractivity contribution < 1.29 is 27.9 Å². The van der Waals surface area contributed by atoms with E-state index >= 15 is 0 Å². The maximum atomic E-state index is 13.8. The SMILES string of the molecule is O=C(O)c1cnn(C(=O)N2CC3CN(Cc4ccc(N5CCCC5)cc4C(F)(F)F)CC3C2)c1. The molecule has 5 rings (SSSR count). The number of rotatable bonds is 4. The van der Waals surface area contributed by atoms with Crippen molar-refractivity contribution in [3.05, 3.63) is 47.3 Å². The standard InChI is InChI=1S/C23H26F3N5O3/c24-23(25,26)20-7-19(29-5-1-2-6-29)4-3-15(20)9-28-10-17-12-30(13-18(17)11-28)22(34)31-14-16(8-27-31)21(32)33/h3-4,7-8,14,17-18H,1-2,5-6,9-13H2,(H,32,33). The van der Waals surface area contributed by atoms with Crippen LogP contribution in [0.3, 0.4) is 0 Å². The predicted octanol–water partition coefficient (Wildman–Crippen LogP) is 3.23. The topological polar surface area (TPSA) is 81.9 Å². The molecule has 0 aliphatic carbocycles. The van der Waals surface area contributed by atoms with Crippen LogP contribution in [0, 0.1) is 11.8 Å². The third kappa shape index (κ3) is 4.36. The Morgan fingerprint density at radius 2 is 1.74 bits per heavy atom. The van der Waals surface area contributed by atoms with Gasteiger partial charge in [0.1, 0.15) is 0 Å². The fourth-order valence-electron chi connectivity index (χ4n) is 5.44. The first-order valence-electron chi connectivity index (χ1n) is 11.4. The van der Waals surface area contributed by atoms with Crippen LogP contribution in [0.2, 0.25) is 0 Å². The van der Waals surface area contributed by atoms with Crippen LogP contribution in [0.15, 0.2) is 30.6 Å². The van der Waals surface area contributed by atoms with Crippen LogP contribution in [0.1, 0.15) is 34.3 Å². The summed E-state index contributed by atoms with van der Waals surface area (Å²) in [6.45, 7) is 3.97. The van der Waals surface area contributed by atoms with Crippen molar-refractivity contribution >= 4 is 17.7 Å². The summed E-state index contributed by atoms with van der Waals surface area (Å²) in [6.07, 6.45) is -0.0926. The Labute approximate surface area is 194 Å². The molecule has 3 saturated heterocycles. The molecule has 1 aromatic carbocycles. The number of carboxylic acids is 1. The molecule has 0 saturated carbocycles. The van der Waals surface area contributed by atoms with Gasteiger partial charge in [-0.05, 0) is 42.4 Å². The molecule has 1 aromatic heterocycles. The molecular weight excluding hydrogens is 451 g/mol. The lowest BCUT2D eigenvalue weighted by Gasteiger charge is -2.24. The second-order valence-corrected chi connectivity index (χ2v) is 9.41. The number of hydrogen-bond donors (Lipinski definition) is 1. The van der Waals surface area contributed by atoms with Gasteiger partial charge in [0, 0.05) is 51.5 Å². The first kappa shape index (κ1) is 22.7. The minimum absolute atomic E-state index is 0.0601. The monoisotopic (exact) mass is 477 g/mol. The molecule has 0 radical (unpaired) electrons. The lowest BCUT2D eigenvalue weighted by Crippen LogP contribution is -2.36. The van der Waals surface area contributed by atoms with Gasteiger partial charge in [0.2, 0.25) is 0 Å². The van der Waals surface area contributed by atoms with Gasteiger partial charge in [-0.2, -0.15) is 23.0 Å². The van der Waals surface area contributed by atoms with Crippen molar-refractivity contribution in [2.45, 2.75) is 25.6 Å². The molecule has 4 heterocycles. The molecular formula is C23H26F3N5O3. The molecule has 11 heteroatoms. The van der Waals surface area contributed by atoms with E-state index in [4.69, 9.17) is 5.11 Å². The number of aromatic carboxylic acids is 1. The molecule has 3 fully saturated rings. The van der Waals surface area contributed by atoms with E-state index in [0.29, 0.717) is 31.9 Å². The lowest BCUT2D eigenvalue weighted by atomic mass is 10.0. The largest absolute Gasteiger partial charge is 0.478 e. The number of carbonyl (C=O) groups is 2. The summed E-state index contributed by atoms with van der Waals surface area (Å²) < 4.78 is 42.6. The zero-order chi connectivity index (χ0) is 24.0. The van der Waals surface area contributed by atoms with E-state index in [2.05, 4.69) is 5.10 Å². The maximum absolute atomic E-state index is 13.8. The Hall–Kier alpha value is -3.08. The van der Waals surface area contributed by atoms with Crippen LogP contribution in [-0.4, -0.2) is 76.0 Å². The number of carboxylic acid groups (broad SMARTS) is 1. The van der Waals surface area contributed by atoms with Crippen LogP contribution < -0.4 is 4.90 Å². The maximum Gasteiger partial charge on any atom is 0.416 e. The number of nitrogens with zero attached hydrogens (tertiary/aromatic N) is 5. The third-order valence-corrected chi connectivity index (χ3v) is 7.12. The van der Waals surface area contributed by atoms with Gasteiger partial charge < -0.3 is 14.9 Å². The van der Waals surface area contributed by atoms with Gasteiger partial charge in [-0.25, -0.2) is 9.59 Å². The lowest BCUT2D eigenvalue weighted by molar-refractivity contribution is -0.138. The zero-order valence-electron chi connectivity index (χ0n) is 18.5. The summed E-state index contributed by atoms with van der Waals surface area (Å²) in [7, 11) is 0. The van der Waals surface area contributed by atoms with E-state index in [0.717, 1.165) is 36.8 Å². The molecule has 3 aliphatic heterocycles. The Morgan fingerprint density at radius 3 is 2.32 bits per heavy atom. The Morgan fingerprint density at radius 1 is 1.06 bits per heavy atom. The van der Waals surface area contributed by atoms with Crippen molar-refractivity contribution in [1.29, 1.82) is 0 Å². The van der Waals surface area contributed by atoms with Gasteiger partial charge >= 0.3 is 18.2 Å². The quantitative estimate of drug-likeness (QED) is 0.728. The van der Waals surface area contributed by atoms with Crippen molar-refractivity contribution in [3.63, 3.8) is 0 Å². The minimum atomic E-state index is -4.41. The normalized spacial score (nSPS) is 23.0. The van der Waals surface area contributed by atoms with Crippen molar-refractivity contribution in [2.75, 3.05) is 44.2 Å². The summed E-state index contributed by atoms with van der Waals surface area (Å²) in [5.74, 6) is -0.826. The van der Waals surface area contributed by atoms with Gasteiger partial charge in [0.25, 0.3) is 0 Å². The summed E-state index contributed by atoms with van der Waals surface area (Å²) in [6, 6.07) is 4.30. The number of amides is 1. The van der Waals surface area contributed by atoms with Gasteiger partial charge in [0.05, 0.1) is 23.5 Å². The Kier molecular flexibility index (Phi) is 5.75. The highest BCUT2D eigenvalue weighted by Crippen LogP contribution is 2.38. The van der Waals surface area contributed by atoms with Crippen LogP contribution in [0.5, 0.6) is 0 Å². The van der Waals surface area contributed by atoms with Gasteiger partial charge in [-0.3, -0.25) is 4.90 Å². The average molecular weight is 477 g/mol. The number of anilines is 1. The van der Waals surface area contributed by atoms with E-state index in [1.54, 1.807) is 17.0 Å².